The minimum atomic E-state index is -1.67. The number of ether oxygens (including phenoxy) is 2. The Hall–Kier alpha value is 0.0969. The monoisotopic (exact) mass is 262 g/mol. The molecule has 17 heavy (non-hydrogen) atoms. The maximum absolute atomic E-state index is 6.20. The van der Waals surface area contributed by atoms with E-state index in [0.717, 1.165) is 0 Å². The van der Waals surface area contributed by atoms with Gasteiger partial charge in [-0.05, 0) is 32.0 Å². The molecule has 0 aromatic carbocycles. The summed E-state index contributed by atoms with van der Waals surface area (Å²) in [6, 6.07) is 0. The average molecular weight is 262 g/mol. The van der Waals surface area contributed by atoms with Crippen molar-refractivity contribution in [3.63, 3.8) is 0 Å². The van der Waals surface area contributed by atoms with Gasteiger partial charge in [0.05, 0.1) is 25.4 Å². The Morgan fingerprint density at radius 3 is 1.94 bits per heavy atom. The molecule has 0 N–H and O–H groups in total. The zero-order valence-corrected chi connectivity index (χ0v) is 13.8. The number of methoxy groups -OCH3 is 1. The fourth-order valence-corrected chi connectivity index (χ4v) is 2.72. The molecule has 104 valence electrons. The summed E-state index contributed by atoms with van der Waals surface area (Å²) in [5.41, 5.74) is 0. The molecule has 0 aromatic rings. The second kappa shape index (κ2) is 6.88. The maximum atomic E-state index is 6.20. The van der Waals surface area contributed by atoms with Crippen LogP contribution in [-0.4, -0.2) is 40.8 Å². The van der Waals surface area contributed by atoms with E-state index in [2.05, 4.69) is 40.8 Å². The van der Waals surface area contributed by atoms with Crippen molar-refractivity contribution in [2.24, 2.45) is 0 Å². The highest BCUT2D eigenvalue weighted by molar-refractivity contribution is 6.74. The fourth-order valence-electron chi connectivity index (χ4n) is 1.30. The summed E-state index contributed by atoms with van der Waals surface area (Å²) in [4.78, 5) is 0. The maximum Gasteiger partial charge on any atom is 0.192 e. The summed E-state index contributed by atoms with van der Waals surface area (Å²) in [5, 5.41) is 0.249. The van der Waals surface area contributed by atoms with Crippen LogP contribution in [0.15, 0.2) is 0 Å². The van der Waals surface area contributed by atoms with Crippen molar-refractivity contribution in [1.82, 2.24) is 0 Å². The van der Waals surface area contributed by atoms with E-state index in [0.29, 0.717) is 13.2 Å². The molecule has 0 aliphatic rings. The van der Waals surface area contributed by atoms with Gasteiger partial charge in [-0.25, -0.2) is 0 Å². The lowest BCUT2D eigenvalue weighted by atomic mass is 10.2. The molecule has 0 saturated carbocycles. The van der Waals surface area contributed by atoms with Crippen molar-refractivity contribution in [1.29, 1.82) is 0 Å². The van der Waals surface area contributed by atoms with E-state index >= 15 is 0 Å². The second-order valence-electron chi connectivity index (χ2n) is 6.29. The molecular weight excluding hydrogens is 232 g/mol. The quantitative estimate of drug-likeness (QED) is 0.658. The molecule has 0 radical (unpaired) electrons. The van der Waals surface area contributed by atoms with Crippen LogP contribution >= 0.6 is 0 Å². The van der Waals surface area contributed by atoms with E-state index in [1.807, 2.05) is 6.92 Å². The van der Waals surface area contributed by atoms with E-state index in [-0.39, 0.29) is 17.2 Å². The Balaban J connectivity index is 4.06. The van der Waals surface area contributed by atoms with Gasteiger partial charge in [0.25, 0.3) is 0 Å². The Labute approximate surface area is 108 Å². The smallest absolute Gasteiger partial charge is 0.192 e. The van der Waals surface area contributed by atoms with Crippen molar-refractivity contribution in [2.45, 2.75) is 65.0 Å². The van der Waals surface area contributed by atoms with E-state index in [4.69, 9.17) is 13.9 Å². The second-order valence-corrected chi connectivity index (χ2v) is 11.0. The van der Waals surface area contributed by atoms with Gasteiger partial charge in [0.15, 0.2) is 8.32 Å². The van der Waals surface area contributed by atoms with Crippen LogP contribution in [-0.2, 0) is 13.9 Å². The summed E-state index contributed by atoms with van der Waals surface area (Å²) in [5.74, 6) is 0. The van der Waals surface area contributed by atoms with Crippen molar-refractivity contribution in [3.8, 4) is 0 Å². The Morgan fingerprint density at radius 2 is 1.53 bits per heavy atom. The average Bonchev–Trinajstić information content (AvgIpc) is 2.12. The van der Waals surface area contributed by atoms with Gasteiger partial charge in [-0.2, -0.15) is 0 Å². The van der Waals surface area contributed by atoms with Crippen LogP contribution in [0, 0.1) is 0 Å². The van der Waals surface area contributed by atoms with Gasteiger partial charge >= 0.3 is 0 Å². The van der Waals surface area contributed by atoms with Gasteiger partial charge < -0.3 is 13.9 Å². The van der Waals surface area contributed by atoms with E-state index in [1.165, 1.54) is 0 Å². The fraction of sp³-hybridized carbons (Fsp3) is 1.00. The number of hydrogen-bond donors (Lipinski definition) is 0. The molecule has 0 aliphatic carbocycles. The highest BCUT2D eigenvalue weighted by Gasteiger charge is 2.38. The Kier molecular flexibility index (Phi) is 6.92. The van der Waals surface area contributed by atoms with E-state index < -0.39 is 8.32 Å². The third-order valence-electron chi connectivity index (χ3n) is 3.32. The molecular formula is C13H30O3Si. The predicted molar refractivity (Wildman–Crippen MR) is 75.0 cm³/mol. The van der Waals surface area contributed by atoms with Crippen LogP contribution in [0.5, 0.6) is 0 Å². The summed E-state index contributed by atoms with van der Waals surface area (Å²) >= 11 is 0. The minimum Gasteiger partial charge on any atom is -0.412 e. The molecule has 2 unspecified atom stereocenters. The third kappa shape index (κ3) is 6.55. The highest BCUT2D eigenvalue weighted by atomic mass is 28.4. The normalized spacial score (nSPS) is 16.9. The molecule has 0 aliphatic heterocycles. The topological polar surface area (TPSA) is 27.7 Å². The molecule has 0 heterocycles. The molecule has 0 bridgehead atoms. The zero-order valence-electron chi connectivity index (χ0n) is 12.8. The molecule has 0 spiro atoms. The van der Waals surface area contributed by atoms with Gasteiger partial charge in [0.2, 0.25) is 0 Å². The molecule has 0 saturated heterocycles. The largest absolute Gasteiger partial charge is 0.412 e. The first-order chi connectivity index (χ1) is 7.60. The van der Waals surface area contributed by atoms with E-state index in [1.54, 1.807) is 7.11 Å². The third-order valence-corrected chi connectivity index (χ3v) is 7.92. The first-order valence-corrected chi connectivity index (χ1v) is 9.29. The number of rotatable bonds is 7. The van der Waals surface area contributed by atoms with Crippen LogP contribution in [0.4, 0.5) is 0 Å². The molecule has 3 nitrogen and oxygen atoms in total. The van der Waals surface area contributed by atoms with Gasteiger partial charge in [0, 0.05) is 7.11 Å². The van der Waals surface area contributed by atoms with Crippen LogP contribution < -0.4 is 0 Å². The van der Waals surface area contributed by atoms with Gasteiger partial charge in [-0.1, -0.05) is 20.8 Å². The van der Waals surface area contributed by atoms with Crippen LogP contribution in [0.3, 0.4) is 0 Å². The Bertz CT molecular complexity index is 211. The van der Waals surface area contributed by atoms with Crippen LogP contribution in [0.2, 0.25) is 18.1 Å². The molecule has 2 atom stereocenters. The zero-order chi connectivity index (χ0) is 13.7. The summed E-state index contributed by atoms with van der Waals surface area (Å²) < 4.78 is 16.9. The van der Waals surface area contributed by atoms with Crippen molar-refractivity contribution in [2.75, 3.05) is 20.3 Å². The molecule has 0 aromatic heterocycles. The van der Waals surface area contributed by atoms with Crippen molar-refractivity contribution >= 4 is 8.32 Å². The lowest BCUT2D eigenvalue weighted by Crippen LogP contribution is -2.44. The first kappa shape index (κ1) is 17.1. The Morgan fingerprint density at radius 1 is 1.00 bits per heavy atom. The molecule has 0 rings (SSSR count). The first-order valence-electron chi connectivity index (χ1n) is 6.38. The van der Waals surface area contributed by atoms with Crippen LogP contribution in [0.1, 0.15) is 34.6 Å². The van der Waals surface area contributed by atoms with Crippen molar-refractivity contribution < 1.29 is 13.9 Å². The predicted octanol–water partition coefficient (Wildman–Crippen LogP) is 3.45. The van der Waals surface area contributed by atoms with Gasteiger partial charge in [0.1, 0.15) is 0 Å². The molecule has 0 fully saturated rings. The van der Waals surface area contributed by atoms with E-state index in [9.17, 15) is 0 Å². The molecule has 0 amide bonds. The number of hydrogen-bond acceptors (Lipinski definition) is 3. The lowest BCUT2D eigenvalue weighted by Gasteiger charge is -2.38. The van der Waals surface area contributed by atoms with Crippen molar-refractivity contribution in [3.05, 3.63) is 0 Å². The molecule has 4 heteroatoms. The summed E-state index contributed by atoms with van der Waals surface area (Å²) in [6.45, 7) is 16.7. The minimum absolute atomic E-state index is 0.130. The highest BCUT2D eigenvalue weighted by Crippen LogP contribution is 2.37. The summed E-state index contributed by atoms with van der Waals surface area (Å²) in [7, 11) is 0.0202. The van der Waals surface area contributed by atoms with Gasteiger partial charge in [-0.15, -0.1) is 0 Å². The SMILES string of the molecule is COCC(C)OCC(C)O[Si](C)(C)C(C)(C)C. The lowest BCUT2D eigenvalue weighted by molar-refractivity contribution is -0.0238. The van der Waals surface area contributed by atoms with Crippen LogP contribution in [0.25, 0.3) is 0 Å². The summed E-state index contributed by atoms with van der Waals surface area (Å²) in [6.07, 6.45) is 0.278. The standard InChI is InChI=1S/C13H30O3Si/c1-11(9-14-6)15-10-12(2)16-17(7,8)13(3,4)5/h11-12H,9-10H2,1-8H3. The van der Waals surface area contributed by atoms with Gasteiger partial charge in [-0.3, -0.25) is 0 Å².